The summed E-state index contributed by atoms with van der Waals surface area (Å²) in [5.41, 5.74) is 2.16. The Morgan fingerprint density at radius 1 is 1.21 bits per heavy atom. The van der Waals surface area contributed by atoms with E-state index < -0.39 is 0 Å². The molecule has 29 heavy (non-hydrogen) atoms. The molecule has 7 nitrogen and oxygen atoms in total. The normalized spacial score (nSPS) is 11.1. The van der Waals surface area contributed by atoms with Crippen LogP contribution in [-0.4, -0.2) is 32.3 Å². The minimum atomic E-state index is -0.371. The van der Waals surface area contributed by atoms with Crippen LogP contribution < -0.4 is 0 Å². The molecule has 0 bridgehead atoms. The van der Waals surface area contributed by atoms with E-state index in [-0.39, 0.29) is 5.97 Å². The molecule has 0 spiro atoms. The molecule has 3 aromatic heterocycles. The largest absolute Gasteiger partial charge is 0.462 e. The number of aryl methyl sites for hydroxylation is 2. The Balaban J connectivity index is 1.51. The summed E-state index contributed by atoms with van der Waals surface area (Å²) in [4.78, 5) is 16.8. The molecule has 0 atom stereocenters. The summed E-state index contributed by atoms with van der Waals surface area (Å²) >= 11 is 1.47. The van der Waals surface area contributed by atoms with Gasteiger partial charge in [-0.2, -0.15) is 0 Å². The average molecular weight is 408 g/mol. The summed E-state index contributed by atoms with van der Waals surface area (Å²) in [6.45, 7) is 2.82. The third-order valence-electron chi connectivity index (χ3n) is 4.40. The van der Waals surface area contributed by atoms with Crippen LogP contribution in [0.25, 0.3) is 11.0 Å². The molecule has 0 unspecified atom stereocenters. The number of benzene rings is 1. The fourth-order valence-electron chi connectivity index (χ4n) is 3.05. The summed E-state index contributed by atoms with van der Waals surface area (Å²) in [7, 11) is 0. The number of hydrogen-bond acceptors (Lipinski definition) is 7. The monoisotopic (exact) mass is 408 g/mol. The van der Waals surface area contributed by atoms with Crippen molar-refractivity contribution in [1.29, 1.82) is 0 Å². The zero-order valence-corrected chi connectivity index (χ0v) is 16.8. The van der Waals surface area contributed by atoms with Gasteiger partial charge in [-0.25, -0.2) is 4.79 Å². The highest BCUT2D eigenvalue weighted by Gasteiger charge is 2.22. The first-order valence-corrected chi connectivity index (χ1v) is 10.3. The first-order valence-electron chi connectivity index (χ1n) is 9.34. The van der Waals surface area contributed by atoms with Crippen LogP contribution in [0.4, 0.5) is 0 Å². The summed E-state index contributed by atoms with van der Waals surface area (Å²) in [6.07, 6.45) is 4.27. The van der Waals surface area contributed by atoms with Crippen molar-refractivity contribution in [3.8, 4) is 0 Å². The van der Waals surface area contributed by atoms with Crippen LogP contribution >= 0.6 is 11.8 Å². The van der Waals surface area contributed by atoms with E-state index >= 15 is 0 Å². The van der Waals surface area contributed by atoms with E-state index in [1.807, 2.05) is 47.0 Å². The molecule has 4 aromatic rings. The molecule has 0 radical (unpaired) electrons. The Hall–Kier alpha value is -3.13. The number of hydrogen-bond donors (Lipinski definition) is 0. The summed E-state index contributed by atoms with van der Waals surface area (Å²) in [5.74, 6) is 0.657. The van der Waals surface area contributed by atoms with Gasteiger partial charge in [0.1, 0.15) is 23.2 Å². The summed E-state index contributed by atoms with van der Waals surface area (Å²) in [6, 6.07) is 13.4. The third-order valence-corrected chi connectivity index (χ3v) is 5.38. The van der Waals surface area contributed by atoms with Crippen LogP contribution in [0.1, 0.15) is 28.7 Å². The van der Waals surface area contributed by atoms with Crippen molar-refractivity contribution in [3.05, 3.63) is 72.0 Å². The van der Waals surface area contributed by atoms with E-state index in [2.05, 4.69) is 15.2 Å². The number of ether oxygens (including phenoxy) is 1. The molecule has 0 aliphatic carbocycles. The molecule has 0 N–H and O–H groups in total. The molecule has 0 amide bonds. The van der Waals surface area contributed by atoms with Crippen LogP contribution in [-0.2, 0) is 23.5 Å². The van der Waals surface area contributed by atoms with Gasteiger partial charge < -0.3 is 13.7 Å². The Kier molecular flexibility index (Phi) is 5.90. The Bertz CT molecular complexity index is 1110. The van der Waals surface area contributed by atoms with Crippen LogP contribution in [0.3, 0.4) is 0 Å². The number of rotatable bonds is 8. The quantitative estimate of drug-likeness (QED) is 0.320. The molecule has 1 aromatic carbocycles. The van der Waals surface area contributed by atoms with Crippen LogP contribution in [0.5, 0.6) is 0 Å². The minimum absolute atomic E-state index is 0.312. The van der Waals surface area contributed by atoms with Crippen LogP contribution in [0, 0.1) is 0 Å². The Morgan fingerprint density at radius 2 is 2.07 bits per heavy atom. The third kappa shape index (κ3) is 4.32. The SMILES string of the molecule is CCOC(=O)c1c(CSc2nncn2CCc2ccccn2)oc2ccccc12. The lowest BCUT2D eigenvalue weighted by molar-refractivity contribution is 0.0526. The number of carbonyl (C=O) groups is 1. The number of fused-ring (bicyclic) bond motifs is 1. The van der Waals surface area contributed by atoms with Crippen molar-refractivity contribution >= 4 is 28.7 Å². The van der Waals surface area contributed by atoms with Gasteiger partial charge >= 0.3 is 5.97 Å². The van der Waals surface area contributed by atoms with Crippen molar-refractivity contribution in [1.82, 2.24) is 19.7 Å². The molecule has 0 aliphatic heterocycles. The number of nitrogens with zero attached hydrogens (tertiary/aromatic N) is 4. The maximum atomic E-state index is 12.5. The lowest BCUT2D eigenvalue weighted by Crippen LogP contribution is -2.06. The minimum Gasteiger partial charge on any atom is -0.462 e. The van der Waals surface area contributed by atoms with Gasteiger partial charge in [-0.3, -0.25) is 4.98 Å². The van der Waals surface area contributed by atoms with Gasteiger partial charge in [0, 0.05) is 30.2 Å². The highest BCUT2D eigenvalue weighted by molar-refractivity contribution is 7.98. The smallest absolute Gasteiger partial charge is 0.342 e. The molecule has 0 saturated carbocycles. The van der Waals surface area contributed by atoms with Gasteiger partial charge in [0.05, 0.1) is 12.4 Å². The number of para-hydroxylation sites is 1. The van der Waals surface area contributed by atoms with E-state index in [1.165, 1.54) is 11.8 Å². The van der Waals surface area contributed by atoms with Crippen molar-refractivity contribution in [3.63, 3.8) is 0 Å². The number of esters is 1. The first-order chi connectivity index (χ1) is 14.3. The second-order valence-electron chi connectivity index (χ2n) is 6.28. The highest BCUT2D eigenvalue weighted by atomic mass is 32.2. The summed E-state index contributed by atoms with van der Waals surface area (Å²) in [5, 5.41) is 9.75. The molecule has 0 fully saturated rings. The number of carbonyl (C=O) groups excluding carboxylic acids is 1. The molecule has 4 rings (SSSR count). The Labute approximate surface area is 172 Å². The second-order valence-corrected chi connectivity index (χ2v) is 7.23. The van der Waals surface area contributed by atoms with E-state index in [1.54, 1.807) is 19.4 Å². The van der Waals surface area contributed by atoms with Crippen LogP contribution in [0.2, 0.25) is 0 Å². The van der Waals surface area contributed by atoms with E-state index in [4.69, 9.17) is 9.15 Å². The number of pyridine rings is 1. The lowest BCUT2D eigenvalue weighted by Gasteiger charge is -2.06. The fourth-order valence-corrected chi connectivity index (χ4v) is 3.92. The highest BCUT2D eigenvalue weighted by Crippen LogP contribution is 2.31. The van der Waals surface area contributed by atoms with Gasteiger partial charge in [0.15, 0.2) is 5.16 Å². The molecule has 0 saturated heterocycles. The topological polar surface area (TPSA) is 83.0 Å². The average Bonchev–Trinajstić information content (AvgIpc) is 3.35. The maximum Gasteiger partial charge on any atom is 0.342 e. The van der Waals surface area contributed by atoms with Gasteiger partial charge in [-0.15, -0.1) is 10.2 Å². The Morgan fingerprint density at radius 3 is 2.90 bits per heavy atom. The van der Waals surface area contributed by atoms with E-state index in [9.17, 15) is 4.79 Å². The maximum absolute atomic E-state index is 12.5. The molecular weight excluding hydrogens is 388 g/mol. The van der Waals surface area contributed by atoms with Gasteiger partial charge in [0.2, 0.25) is 0 Å². The standard InChI is InChI=1S/C21H20N4O3S/c1-2-27-20(26)19-16-8-3-4-9-17(16)28-18(19)13-29-21-24-23-14-25(21)12-10-15-7-5-6-11-22-15/h3-9,11,14H,2,10,12-13H2,1H3. The fraction of sp³-hybridized carbons (Fsp3) is 0.238. The second kappa shape index (κ2) is 8.91. The molecule has 8 heteroatoms. The van der Waals surface area contributed by atoms with Gasteiger partial charge in [-0.05, 0) is 25.1 Å². The van der Waals surface area contributed by atoms with Crippen molar-refractivity contribution in [2.75, 3.05) is 6.61 Å². The van der Waals surface area contributed by atoms with Crippen molar-refractivity contribution < 1.29 is 13.9 Å². The number of thioether (sulfide) groups is 1. The molecular formula is C21H20N4O3S. The van der Waals surface area contributed by atoms with Crippen molar-refractivity contribution in [2.24, 2.45) is 0 Å². The van der Waals surface area contributed by atoms with E-state index in [0.717, 1.165) is 29.2 Å². The lowest BCUT2D eigenvalue weighted by atomic mass is 10.1. The zero-order valence-electron chi connectivity index (χ0n) is 15.9. The first kappa shape index (κ1) is 19.2. The predicted molar refractivity (Wildman–Crippen MR) is 110 cm³/mol. The molecule has 148 valence electrons. The summed E-state index contributed by atoms with van der Waals surface area (Å²) < 4.78 is 13.2. The van der Waals surface area contributed by atoms with Crippen molar-refractivity contribution in [2.45, 2.75) is 30.8 Å². The van der Waals surface area contributed by atoms with Gasteiger partial charge in [0.25, 0.3) is 0 Å². The predicted octanol–water partition coefficient (Wildman–Crippen LogP) is 4.13. The van der Waals surface area contributed by atoms with Gasteiger partial charge in [-0.1, -0.05) is 36.0 Å². The number of furan rings is 1. The zero-order chi connectivity index (χ0) is 20.1. The molecule has 3 heterocycles. The number of aromatic nitrogens is 4. The molecule has 0 aliphatic rings. The van der Waals surface area contributed by atoms with E-state index in [0.29, 0.717) is 29.3 Å². The van der Waals surface area contributed by atoms with Crippen LogP contribution in [0.15, 0.2) is 64.6 Å².